The molecule has 0 aliphatic carbocycles. The summed E-state index contributed by atoms with van der Waals surface area (Å²) < 4.78 is 42.8. The van der Waals surface area contributed by atoms with Gasteiger partial charge in [-0.3, -0.25) is 10.2 Å². The number of carbonyl (C=O) groups excluding carboxylic acids is 1. The molecule has 1 heterocycles. The van der Waals surface area contributed by atoms with Crippen molar-refractivity contribution >= 4 is 16.7 Å². The van der Waals surface area contributed by atoms with Gasteiger partial charge in [0.25, 0.3) is 0 Å². The van der Waals surface area contributed by atoms with E-state index < -0.39 is 17.8 Å². The molecule has 1 amide bonds. The van der Waals surface area contributed by atoms with Gasteiger partial charge in [-0.25, -0.2) is 0 Å². The van der Waals surface area contributed by atoms with E-state index in [4.69, 9.17) is 0 Å². The minimum atomic E-state index is -4.53. The summed E-state index contributed by atoms with van der Waals surface area (Å²) in [6.45, 7) is 5.54. The normalized spacial score (nSPS) is 17.6. The third-order valence-electron chi connectivity index (χ3n) is 6.40. The van der Waals surface area contributed by atoms with E-state index in [1.807, 2.05) is 24.3 Å². The summed E-state index contributed by atoms with van der Waals surface area (Å²) in [5, 5.41) is 2.46. The third kappa shape index (κ3) is 5.83. The van der Waals surface area contributed by atoms with Gasteiger partial charge in [-0.15, -0.1) is 0 Å². The highest BCUT2D eigenvalue weighted by Crippen LogP contribution is 2.44. The Morgan fingerprint density at radius 3 is 2.34 bits per heavy atom. The second-order valence-corrected chi connectivity index (χ2v) is 9.61. The van der Waals surface area contributed by atoms with Crippen molar-refractivity contribution in [2.24, 2.45) is 0 Å². The lowest BCUT2D eigenvalue weighted by molar-refractivity contribution is -0.203. The van der Waals surface area contributed by atoms with E-state index in [9.17, 15) is 18.0 Å². The van der Waals surface area contributed by atoms with Crippen LogP contribution in [0.5, 0.6) is 0 Å². The molecule has 0 unspecified atom stereocenters. The van der Waals surface area contributed by atoms with Gasteiger partial charge in [0.15, 0.2) is 6.04 Å². The number of benzene rings is 2. The molecular weight excluding hydrogens is 413 g/mol. The zero-order chi connectivity index (χ0) is 23.4. The molecule has 3 nitrogen and oxygen atoms in total. The first kappa shape index (κ1) is 24.6. The molecule has 3 rings (SSSR count). The lowest BCUT2D eigenvalue weighted by Crippen LogP contribution is -2.51. The van der Waals surface area contributed by atoms with Gasteiger partial charge >= 0.3 is 6.18 Å². The molecule has 6 heteroatoms. The van der Waals surface area contributed by atoms with Crippen molar-refractivity contribution in [3.05, 3.63) is 47.5 Å². The maximum atomic E-state index is 14.3. The van der Waals surface area contributed by atoms with E-state index >= 15 is 0 Å². The SMILES string of the molecule is CCCCCCCCCc1ccc2c([C@H](N3NC(=O)CC3(C)C)C(F)(F)F)cccc2c1. The zero-order valence-electron chi connectivity index (χ0n) is 19.4. The first-order valence-corrected chi connectivity index (χ1v) is 11.8. The van der Waals surface area contributed by atoms with E-state index in [1.54, 1.807) is 19.9 Å². The Hall–Kier alpha value is -2.08. The van der Waals surface area contributed by atoms with Crippen LogP contribution in [0.1, 0.15) is 89.3 Å². The van der Waals surface area contributed by atoms with Crippen LogP contribution >= 0.6 is 0 Å². The number of fused-ring (bicyclic) bond motifs is 1. The van der Waals surface area contributed by atoms with Crippen molar-refractivity contribution in [3.8, 4) is 0 Å². The monoisotopic (exact) mass is 448 g/mol. The van der Waals surface area contributed by atoms with Crippen molar-refractivity contribution in [2.45, 2.75) is 96.3 Å². The number of aryl methyl sites for hydroxylation is 1. The predicted molar refractivity (Wildman–Crippen MR) is 123 cm³/mol. The number of hydrogen-bond donors (Lipinski definition) is 1. The van der Waals surface area contributed by atoms with Crippen LogP contribution < -0.4 is 5.43 Å². The summed E-state index contributed by atoms with van der Waals surface area (Å²) in [6, 6.07) is 8.94. The van der Waals surface area contributed by atoms with Gasteiger partial charge in [-0.1, -0.05) is 81.8 Å². The lowest BCUT2D eigenvalue weighted by Gasteiger charge is -2.38. The number of rotatable bonds is 10. The highest BCUT2D eigenvalue weighted by molar-refractivity contribution is 5.87. The molecule has 1 aliphatic rings. The van der Waals surface area contributed by atoms with E-state index in [2.05, 4.69) is 12.3 Å². The molecule has 1 fully saturated rings. The van der Waals surface area contributed by atoms with Crippen LogP contribution in [0.15, 0.2) is 36.4 Å². The average molecular weight is 449 g/mol. The third-order valence-corrected chi connectivity index (χ3v) is 6.40. The summed E-state index contributed by atoms with van der Waals surface area (Å²) in [7, 11) is 0. The summed E-state index contributed by atoms with van der Waals surface area (Å²) >= 11 is 0. The molecule has 1 aliphatic heterocycles. The summed E-state index contributed by atoms with van der Waals surface area (Å²) in [5.74, 6) is -0.388. The maximum absolute atomic E-state index is 14.3. The summed E-state index contributed by atoms with van der Waals surface area (Å²) in [5.41, 5.74) is 2.85. The number of hydrogen-bond acceptors (Lipinski definition) is 2. The number of hydrazine groups is 1. The average Bonchev–Trinajstić information content (AvgIpc) is 2.98. The van der Waals surface area contributed by atoms with Gasteiger partial charge in [-0.05, 0) is 48.6 Å². The number of nitrogens with zero attached hydrogens (tertiary/aromatic N) is 1. The van der Waals surface area contributed by atoms with Crippen LogP contribution in [0.4, 0.5) is 13.2 Å². The number of unbranched alkanes of at least 4 members (excludes halogenated alkanes) is 6. The summed E-state index contributed by atoms with van der Waals surface area (Å²) in [6.07, 6.45) is 5.07. The molecule has 2 aromatic rings. The zero-order valence-corrected chi connectivity index (χ0v) is 19.4. The largest absolute Gasteiger partial charge is 0.409 e. The molecule has 32 heavy (non-hydrogen) atoms. The Kier molecular flexibility index (Phi) is 7.86. The Morgan fingerprint density at radius 1 is 1.03 bits per heavy atom. The fraction of sp³-hybridized carbons (Fsp3) is 0.577. The van der Waals surface area contributed by atoms with E-state index in [0.717, 1.165) is 28.8 Å². The molecule has 1 saturated heterocycles. The lowest BCUT2D eigenvalue weighted by atomic mass is 9.92. The first-order chi connectivity index (χ1) is 15.1. The molecule has 0 spiro atoms. The number of nitrogens with one attached hydrogen (secondary N) is 1. The minimum absolute atomic E-state index is 0.0347. The van der Waals surface area contributed by atoms with Crippen molar-refractivity contribution in [3.63, 3.8) is 0 Å². The second kappa shape index (κ2) is 10.2. The summed E-state index contributed by atoms with van der Waals surface area (Å²) in [4.78, 5) is 11.9. The molecule has 0 saturated carbocycles. The highest BCUT2D eigenvalue weighted by atomic mass is 19.4. The molecule has 0 bridgehead atoms. The van der Waals surface area contributed by atoms with Crippen LogP contribution in [0.2, 0.25) is 0 Å². The van der Waals surface area contributed by atoms with Crippen molar-refractivity contribution in [2.75, 3.05) is 0 Å². The number of halogens is 3. The van der Waals surface area contributed by atoms with Gasteiger partial charge in [0.2, 0.25) is 5.91 Å². The van der Waals surface area contributed by atoms with Crippen LogP contribution in [-0.2, 0) is 11.2 Å². The van der Waals surface area contributed by atoms with Crippen molar-refractivity contribution in [1.29, 1.82) is 0 Å². The van der Waals surface area contributed by atoms with Crippen LogP contribution in [0.25, 0.3) is 10.8 Å². The van der Waals surface area contributed by atoms with E-state index in [1.165, 1.54) is 44.6 Å². The first-order valence-electron chi connectivity index (χ1n) is 11.8. The topological polar surface area (TPSA) is 32.3 Å². The fourth-order valence-corrected chi connectivity index (χ4v) is 4.72. The maximum Gasteiger partial charge on any atom is 0.409 e. The minimum Gasteiger partial charge on any atom is -0.287 e. The molecular formula is C26H35F3N2O. The molecule has 1 N–H and O–H groups in total. The molecule has 0 aromatic heterocycles. The van der Waals surface area contributed by atoms with Gasteiger partial charge < -0.3 is 0 Å². The van der Waals surface area contributed by atoms with Gasteiger partial charge in [0, 0.05) is 12.0 Å². The predicted octanol–water partition coefficient (Wildman–Crippen LogP) is 7.25. The number of amides is 1. The Morgan fingerprint density at radius 2 is 1.72 bits per heavy atom. The standard InChI is InChI=1S/C26H35F3N2O/c1-4-5-6-7-8-9-10-12-19-15-16-21-20(17-19)13-11-14-22(21)24(26(27,28)29)31-25(2,3)18-23(32)30-31/h11,13-17,24H,4-10,12,18H2,1-3H3,(H,30,32)/t24-/m0/s1. The quantitative estimate of drug-likeness (QED) is 0.388. The van der Waals surface area contributed by atoms with E-state index in [-0.39, 0.29) is 17.9 Å². The highest BCUT2D eigenvalue weighted by Gasteiger charge is 2.53. The Labute approximate surface area is 189 Å². The smallest absolute Gasteiger partial charge is 0.287 e. The Bertz CT molecular complexity index is 923. The molecule has 0 radical (unpaired) electrons. The number of carbonyl (C=O) groups is 1. The van der Waals surface area contributed by atoms with E-state index in [0.29, 0.717) is 5.39 Å². The van der Waals surface area contributed by atoms with Gasteiger partial charge in [0.05, 0.1) is 0 Å². The van der Waals surface area contributed by atoms with Gasteiger partial charge in [0.1, 0.15) is 0 Å². The van der Waals surface area contributed by atoms with Crippen LogP contribution in [0.3, 0.4) is 0 Å². The van der Waals surface area contributed by atoms with Gasteiger partial charge in [-0.2, -0.15) is 18.2 Å². The van der Waals surface area contributed by atoms with Crippen molar-refractivity contribution < 1.29 is 18.0 Å². The molecule has 176 valence electrons. The van der Waals surface area contributed by atoms with Crippen LogP contribution in [0, 0.1) is 0 Å². The van der Waals surface area contributed by atoms with Crippen LogP contribution in [-0.4, -0.2) is 22.6 Å². The fourth-order valence-electron chi connectivity index (χ4n) is 4.72. The second-order valence-electron chi connectivity index (χ2n) is 9.61. The number of alkyl halides is 3. The molecule has 1 atom stereocenters. The molecule has 2 aromatic carbocycles. The van der Waals surface area contributed by atoms with Crippen molar-refractivity contribution in [1.82, 2.24) is 10.4 Å². The Balaban J connectivity index is 1.80.